The van der Waals surface area contributed by atoms with Crippen molar-refractivity contribution in [2.45, 2.75) is 0 Å². The molecule has 0 fully saturated rings. The molecule has 1 heterocycles. The predicted octanol–water partition coefficient (Wildman–Crippen LogP) is 2.25. The van der Waals surface area contributed by atoms with E-state index in [2.05, 4.69) is 14.7 Å². The van der Waals surface area contributed by atoms with E-state index < -0.39 is 0 Å². The molecule has 0 saturated carbocycles. The van der Waals surface area contributed by atoms with Crippen LogP contribution >= 0.6 is 11.5 Å². The summed E-state index contributed by atoms with van der Waals surface area (Å²) in [4.78, 5) is 4.30. The van der Waals surface area contributed by atoms with Crippen LogP contribution in [0.3, 0.4) is 0 Å². The Hall–Kier alpha value is -1.42. The Balaban J connectivity index is 2.36. The Morgan fingerprint density at radius 2 is 2.00 bits per heavy atom. The summed E-state index contributed by atoms with van der Waals surface area (Å²) < 4.78 is 4.23. The lowest BCUT2D eigenvalue weighted by molar-refractivity contribution is 1.31. The molecule has 0 aliphatic heterocycles. The lowest BCUT2D eigenvalue weighted by atomic mass is 10.2. The van der Waals surface area contributed by atoms with Gasteiger partial charge in [0.25, 0.3) is 0 Å². The Morgan fingerprint density at radius 3 is 2.62 bits per heavy atom. The minimum absolute atomic E-state index is 0.787. The molecule has 0 spiro atoms. The maximum Gasteiger partial charge on any atom is 0.202 e. The quantitative estimate of drug-likeness (QED) is 0.791. The van der Waals surface area contributed by atoms with Gasteiger partial charge in [-0.1, -0.05) is 30.3 Å². The maximum absolute atomic E-state index is 4.30. The topological polar surface area (TPSA) is 37.8 Å². The largest absolute Gasteiger partial charge is 0.363 e. The van der Waals surface area contributed by atoms with Gasteiger partial charge in [-0.25, -0.2) is 0 Å². The van der Waals surface area contributed by atoms with Crippen molar-refractivity contribution in [2.75, 3.05) is 12.4 Å². The molecule has 13 heavy (non-hydrogen) atoms. The third kappa shape index (κ3) is 1.67. The third-order valence-electron chi connectivity index (χ3n) is 1.67. The molecule has 0 unspecified atom stereocenters. The van der Waals surface area contributed by atoms with Gasteiger partial charge in [0.15, 0.2) is 5.82 Å². The number of nitrogens with zero attached hydrogens (tertiary/aromatic N) is 2. The summed E-state index contributed by atoms with van der Waals surface area (Å²) in [6, 6.07) is 9.95. The van der Waals surface area contributed by atoms with Gasteiger partial charge in [-0.3, -0.25) is 0 Å². The van der Waals surface area contributed by atoms with Crippen molar-refractivity contribution in [1.29, 1.82) is 0 Å². The van der Waals surface area contributed by atoms with Crippen LogP contribution in [0.15, 0.2) is 30.3 Å². The molecule has 0 saturated heterocycles. The molecule has 0 radical (unpaired) electrons. The van der Waals surface area contributed by atoms with E-state index in [1.807, 2.05) is 37.4 Å². The minimum atomic E-state index is 0.787. The van der Waals surface area contributed by atoms with Crippen LogP contribution < -0.4 is 5.32 Å². The van der Waals surface area contributed by atoms with E-state index in [1.165, 1.54) is 11.5 Å². The van der Waals surface area contributed by atoms with Crippen LogP contribution in [0.1, 0.15) is 0 Å². The van der Waals surface area contributed by atoms with E-state index in [0.29, 0.717) is 0 Å². The van der Waals surface area contributed by atoms with Crippen molar-refractivity contribution in [1.82, 2.24) is 9.36 Å². The highest BCUT2D eigenvalue weighted by molar-refractivity contribution is 7.09. The molecule has 0 aliphatic rings. The molecule has 1 aromatic heterocycles. The van der Waals surface area contributed by atoms with Gasteiger partial charge in [0.05, 0.1) is 0 Å². The van der Waals surface area contributed by atoms with Crippen molar-refractivity contribution < 1.29 is 0 Å². The van der Waals surface area contributed by atoms with Gasteiger partial charge >= 0.3 is 0 Å². The Kier molecular flexibility index (Phi) is 2.23. The monoisotopic (exact) mass is 191 g/mol. The molecule has 0 aliphatic carbocycles. The second-order valence-electron chi connectivity index (χ2n) is 2.54. The van der Waals surface area contributed by atoms with Crippen molar-refractivity contribution >= 4 is 16.7 Å². The molecule has 4 heteroatoms. The van der Waals surface area contributed by atoms with E-state index >= 15 is 0 Å². The molecule has 0 bridgehead atoms. The molecule has 0 amide bonds. The second-order valence-corrected chi connectivity index (χ2v) is 3.29. The van der Waals surface area contributed by atoms with Gasteiger partial charge in [-0.15, -0.1) is 0 Å². The second kappa shape index (κ2) is 3.53. The normalized spacial score (nSPS) is 9.92. The highest BCUT2D eigenvalue weighted by Gasteiger charge is 2.03. The Morgan fingerprint density at radius 1 is 1.23 bits per heavy atom. The number of benzene rings is 1. The average Bonchev–Trinajstić information content (AvgIpc) is 2.67. The fourth-order valence-electron chi connectivity index (χ4n) is 1.03. The van der Waals surface area contributed by atoms with Gasteiger partial charge in [0.1, 0.15) is 0 Å². The standard InChI is InChI=1S/C9H9N3S/c1-10-9-11-8(12-13-9)7-5-3-2-4-6-7/h2-6H,1H3,(H,10,11,12). The molecule has 2 rings (SSSR count). The molecular weight excluding hydrogens is 182 g/mol. The first kappa shape index (κ1) is 8.19. The highest BCUT2D eigenvalue weighted by atomic mass is 32.1. The average molecular weight is 191 g/mol. The fraction of sp³-hybridized carbons (Fsp3) is 0.111. The summed E-state index contributed by atoms with van der Waals surface area (Å²) in [7, 11) is 1.84. The summed E-state index contributed by atoms with van der Waals surface area (Å²) in [5.74, 6) is 0.787. The minimum Gasteiger partial charge on any atom is -0.363 e. The van der Waals surface area contributed by atoms with Gasteiger partial charge in [-0.05, 0) is 0 Å². The molecular formula is C9H9N3S. The van der Waals surface area contributed by atoms with Crippen LogP contribution in [0, 0.1) is 0 Å². The van der Waals surface area contributed by atoms with Gasteiger partial charge in [0, 0.05) is 24.1 Å². The van der Waals surface area contributed by atoms with Crippen molar-refractivity contribution in [3.05, 3.63) is 30.3 Å². The highest BCUT2D eigenvalue weighted by Crippen LogP contribution is 2.19. The number of anilines is 1. The number of nitrogens with one attached hydrogen (secondary N) is 1. The molecule has 0 atom stereocenters. The molecule has 1 N–H and O–H groups in total. The molecule has 66 valence electrons. The summed E-state index contributed by atoms with van der Waals surface area (Å²) >= 11 is 1.37. The summed E-state index contributed by atoms with van der Waals surface area (Å²) in [6.07, 6.45) is 0. The predicted molar refractivity (Wildman–Crippen MR) is 54.9 cm³/mol. The summed E-state index contributed by atoms with van der Waals surface area (Å²) in [5, 5.41) is 3.81. The van der Waals surface area contributed by atoms with Crippen LogP contribution in [-0.4, -0.2) is 16.4 Å². The zero-order valence-electron chi connectivity index (χ0n) is 7.19. The first-order valence-corrected chi connectivity index (χ1v) is 4.74. The Bertz CT molecular complexity index is 383. The maximum atomic E-state index is 4.30. The molecule has 1 aromatic carbocycles. The van der Waals surface area contributed by atoms with Crippen LogP contribution in [0.4, 0.5) is 5.13 Å². The fourth-order valence-corrected chi connectivity index (χ4v) is 1.57. The van der Waals surface area contributed by atoms with Crippen molar-refractivity contribution in [2.24, 2.45) is 0 Å². The van der Waals surface area contributed by atoms with E-state index in [9.17, 15) is 0 Å². The van der Waals surface area contributed by atoms with E-state index in [0.717, 1.165) is 16.5 Å². The zero-order chi connectivity index (χ0) is 9.10. The lowest BCUT2D eigenvalue weighted by Crippen LogP contribution is -1.85. The summed E-state index contributed by atoms with van der Waals surface area (Å²) in [5.41, 5.74) is 1.06. The van der Waals surface area contributed by atoms with Gasteiger partial charge in [0.2, 0.25) is 5.13 Å². The lowest BCUT2D eigenvalue weighted by Gasteiger charge is -1.91. The molecule has 3 nitrogen and oxygen atoms in total. The number of hydrogen-bond acceptors (Lipinski definition) is 4. The van der Waals surface area contributed by atoms with E-state index in [4.69, 9.17) is 0 Å². The van der Waals surface area contributed by atoms with Gasteiger partial charge in [-0.2, -0.15) is 9.36 Å². The molecule has 2 aromatic rings. The van der Waals surface area contributed by atoms with E-state index in [-0.39, 0.29) is 0 Å². The zero-order valence-corrected chi connectivity index (χ0v) is 8.01. The first-order chi connectivity index (χ1) is 6.40. The Labute approximate surface area is 80.6 Å². The van der Waals surface area contributed by atoms with Gasteiger partial charge < -0.3 is 5.32 Å². The number of aromatic nitrogens is 2. The third-order valence-corrected chi connectivity index (χ3v) is 2.40. The van der Waals surface area contributed by atoms with E-state index in [1.54, 1.807) is 0 Å². The van der Waals surface area contributed by atoms with Crippen LogP contribution in [0.5, 0.6) is 0 Å². The SMILES string of the molecule is CNc1nc(-c2ccccc2)ns1. The van der Waals surface area contributed by atoms with Crippen molar-refractivity contribution in [3.8, 4) is 11.4 Å². The smallest absolute Gasteiger partial charge is 0.202 e. The summed E-state index contributed by atoms with van der Waals surface area (Å²) in [6.45, 7) is 0. The number of hydrogen-bond donors (Lipinski definition) is 1. The van der Waals surface area contributed by atoms with Crippen LogP contribution in [0.25, 0.3) is 11.4 Å². The first-order valence-electron chi connectivity index (χ1n) is 3.97. The van der Waals surface area contributed by atoms with Crippen LogP contribution in [0.2, 0.25) is 0 Å². The number of rotatable bonds is 2. The van der Waals surface area contributed by atoms with Crippen molar-refractivity contribution in [3.63, 3.8) is 0 Å². The van der Waals surface area contributed by atoms with Crippen LogP contribution in [-0.2, 0) is 0 Å².